The zero-order valence-corrected chi connectivity index (χ0v) is 11.2. The van der Waals surface area contributed by atoms with Crippen molar-refractivity contribution in [3.8, 4) is 0 Å². The fourth-order valence-electron chi connectivity index (χ4n) is 2.69. The van der Waals surface area contributed by atoms with Gasteiger partial charge in [-0.2, -0.15) is 17.0 Å². The van der Waals surface area contributed by atoms with E-state index in [4.69, 9.17) is 0 Å². The van der Waals surface area contributed by atoms with Gasteiger partial charge in [0.1, 0.15) is 0 Å². The highest BCUT2D eigenvalue weighted by molar-refractivity contribution is 7.86. The van der Waals surface area contributed by atoms with E-state index in [0.29, 0.717) is 19.5 Å². The van der Waals surface area contributed by atoms with Gasteiger partial charge in [-0.05, 0) is 32.6 Å². The van der Waals surface area contributed by atoms with Gasteiger partial charge in [0.15, 0.2) is 0 Å². The number of rotatable bonds is 2. The average molecular weight is 262 g/mol. The molecule has 0 aromatic heterocycles. The first-order valence-electron chi connectivity index (χ1n) is 6.47. The Morgan fingerprint density at radius 2 is 1.88 bits per heavy atom. The summed E-state index contributed by atoms with van der Waals surface area (Å²) >= 11 is 0. The molecule has 0 amide bonds. The van der Waals surface area contributed by atoms with Crippen LogP contribution in [-0.2, 0) is 10.2 Å². The highest BCUT2D eigenvalue weighted by atomic mass is 32.2. The number of β-amino-alcohol motifs (C(OH)–C–C–N with tert-alkyl or cyclic N) is 1. The molecule has 1 N–H and O–H groups in total. The molecule has 2 unspecified atom stereocenters. The summed E-state index contributed by atoms with van der Waals surface area (Å²) < 4.78 is 27.9. The summed E-state index contributed by atoms with van der Waals surface area (Å²) in [6.45, 7) is 3.39. The molecule has 0 aliphatic carbocycles. The van der Waals surface area contributed by atoms with Crippen LogP contribution in [0.2, 0.25) is 0 Å². The van der Waals surface area contributed by atoms with Crippen molar-refractivity contribution < 1.29 is 13.5 Å². The fourth-order valence-corrected chi connectivity index (χ4v) is 4.63. The van der Waals surface area contributed by atoms with E-state index in [0.717, 1.165) is 25.7 Å². The van der Waals surface area contributed by atoms with Crippen LogP contribution in [0.25, 0.3) is 0 Å². The summed E-state index contributed by atoms with van der Waals surface area (Å²) in [5.74, 6) is 0. The second-order valence-electron chi connectivity index (χ2n) is 5.12. The van der Waals surface area contributed by atoms with Gasteiger partial charge in [-0.25, -0.2) is 0 Å². The summed E-state index contributed by atoms with van der Waals surface area (Å²) in [5, 5.41) is 9.58. The van der Waals surface area contributed by atoms with Crippen molar-refractivity contribution >= 4 is 10.2 Å². The lowest BCUT2D eigenvalue weighted by atomic mass is 10.1. The molecule has 0 aromatic rings. The maximum absolute atomic E-state index is 12.4. The third-order valence-corrected chi connectivity index (χ3v) is 5.84. The molecule has 0 radical (unpaired) electrons. The number of hydrogen-bond donors (Lipinski definition) is 1. The normalized spacial score (nSPS) is 33.8. The molecule has 0 aromatic carbocycles. The van der Waals surface area contributed by atoms with Crippen LogP contribution >= 0.6 is 0 Å². The SMILES string of the molecule is CC1CCCCN1S(=O)(=O)N1CCCC(O)C1. The number of nitrogens with zero attached hydrogens (tertiary/aromatic N) is 2. The first-order valence-corrected chi connectivity index (χ1v) is 7.86. The standard InChI is InChI=1S/C11H22N2O3S/c1-10-5-2-3-8-13(10)17(15,16)12-7-4-6-11(14)9-12/h10-11,14H,2-9H2,1H3. The second-order valence-corrected chi connectivity index (χ2v) is 7.00. The van der Waals surface area contributed by atoms with Crippen LogP contribution < -0.4 is 0 Å². The molecule has 100 valence electrons. The Bertz CT molecular complexity index is 358. The van der Waals surface area contributed by atoms with E-state index in [2.05, 4.69) is 0 Å². The number of aliphatic hydroxyl groups is 1. The molecule has 2 heterocycles. The third kappa shape index (κ3) is 2.81. The van der Waals surface area contributed by atoms with Crippen LogP contribution in [0.5, 0.6) is 0 Å². The minimum Gasteiger partial charge on any atom is -0.392 e. The molecule has 5 nitrogen and oxygen atoms in total. The molecule has 2 saturated heterocycles. The van der Waals surface area contributed by atoms with Gasteiger partial charge in [0.05, 0.1) is 6.10 Å². The van der Waals surface area contributed by atoms with Crippen LogP contribution in [0.3, 0.4) is 0 Å². The molecule has 0 spiro atoms. The van der Waals surface area contributed by atoms with Gasteiger partial charge in [-0.1, -0.05) is 6.42 Å². The van der Waals surface area contributed by atoms with Gasteiger partial charge in [-0.3, -0.25) is 0 Å². The quantitative estimate of drug-likeness (QED) is 0.791. The molecule has 6 heteroatoms. The van der Waals surface area contributed by atoms with Gasteiger partial charge >= 0.3 is 0 Å². The van der Waals surface area contributed by atoms with Gasteiger partial charge in [0.2, 0.25) is 0 Å². The Balaban J connectivity index is 2.11. The van der Waals surface area contributed by atoms with E-state index in [1.165, 1.54) is 4.31 Å². The van der Waals surface area contributed by atoms with Crippen LogP contribution in [0, 0.1) is 0 Å². The van der Waals surface area contributed by atoms with Crippen molar-refractivity contribution in [3.63, 3.8) is 0 Å². The maximum atomic E-state index is 12.4. The minimum atomic E-state index is -3.36. The lowest BCUT2D eigenvalue weighted by molar-refractivity contribution is 0.102. The summed E-state index contributed by atoms with van der Waals surface area (Å²) in [6.07, 6.45) is 3.95. The average Bonchev–Trinajstić information content (AvgIpc) is 2.29. The summed E-state index contributed by atoms with van der Waals surface area (Å²) in [6, 6.07) is 0.0906. The van der Waals surface area contributed by atoms with E-state index in [1.807, 2.05) is 6.92 Å². The van der Waals surface area contributed by atoms with Crippen molar-refractivity contribution in [2.24, 2.45) is 0 Å². The monoisotopic (exact) mass is 262 g/mol. The van der Waals surface area contributed by atoms with Crippen LogP contribution in [0.1, 0.15) is 39.0 Å². The molecule has 2 rings (SSSR count). The molecule has 0 bridgehead atoms. The zero-order chi connectivity index (χ0) is 12.5. The molecule has 2 aliphatic heterocycles. The summed E-state index contributed by atoms with van der Waals surface area (Å²) in [5.41, 5.74) is 0. The zero-order valence-electron chi connectivity index (χ0n) is 10.4. The van der Waals surface area contributed by atoms with E-state index in [-0.39, 0.29) is 12.6 Å². The Kier molecular flexibility index (Phi) is 4.07. The van der Waals surface area contributed by atoms with Crippen molar-refractivity contribution in [2.45, 2.75) is 51.2 Å². The van der Waals surface area contributed by atoms with E-state index >= 15 is 0 Å². The number of aliphatic hydroxyl groups excluding tert-OH is 1. The van der Waals surface area contributed by atoms with E-state index in [1.54, 1.807) is 4.31 Å². The Labute approximate surface area is 104 Å². The maximum Gasteiger partial charge on any atom is 0.282 e. The topological polar surface area (TPSA) is 60.9 Å². The van der Waals surface area contributed by atoms with Gasteiger partial charge in [0, 0.05) is 25.7 Å². The van der Waals surface area contributed by atoms with E-state index in [9.17, 15) is 13.5 Å². The predicted octanol–water partition coefficient (Wildman–Crippen LogP) is 0.562. The molecule has 17 heavy (non-hydrogen) atoms. The Morgan fingerprint density at radius 1 is 1.12 bits per heavy atom. The molecule has 2 aliphatic rings. The highest BCUT2D eigenvalue weighted by Crippen LogP contribution is 2.24. The van der Waals surface area contributed by atoms with Gasteiger partial charge in [0.25, 0.3) is 10.2 Å². The van der Waals surface area contributed by atoms with Crippen LogP contribution in [0.15, 0.2) is 0 Å². The lowest BCUT2D eigenvalue weighted by Crippen LogP contribution is -2.53. The van der Waals surface area contributed by atoms with Crippen LogP contribution in [-0.4, -0.2) is 53.9 Å². The van der Waals surface area contributed by atoms with Gasteiger partial charge in [-0.15, -0.1) is 0 Å². The van der Waals surface area contributed by atoms with Crippen LogP contribution in [0.4, 0.5) is 0 Å². The number of piperidine rings is 2. The largest absolute Gasteiger partial charge is 0.392 e. The molecular formula is C11H22N2O3S. The summed E-state index contributed by atoms with van der Waals surface area (Å²) in [4.78, 5) is 0. The molecule has 0 saturated carbocycles. The van der Waals surface area contributed by atoms with E-state index < -0.39 is 16.3 Å². The lowest BCUT2D eigenvalue weighted by Gasteiger charge is -2.38. The molecular weight excluding hydrogens is 240 g/mol. The summed E-state index contributed by atoms with van der Waals surface area (Å²) in [7, 11) is -3.36. The predicted molar refractivity (Wildman–Crippen MR) is 65.8 cm³/mol. The smallest absolute Gasteiger partial charge is 0.282 e. The van der Waals surface area contributed by atoms with Crippen molar-refractivity contribution in [1.82, 2.24) is 8.61 Å². The number of hydrogen-bond acceptors (Lipinski definition) is 3. The van der Waals surface area contributed by atoms with Crippen molar-refractivity contribution in [2.75, 3.05) is 19.6 Å². The fraction of sp³-hybridized carbons (Fsp3) is 1.00. The second kappa shape index (κ2) is 5.22. The third-order valence-electron chi connectivity index (χ3n) is 3.72. The van der Waals surface area contributed by atoms with Crippen molar-refractivity contribution in [3.05, 3.63) is 0 Å². The highest BCUT2D eigenvalue weighted by Gasteiger charge is 2.36. The Hall–Kier alpha value is -0.170. The Morgan fingerprint density at radius 3 is 2.53 bits per heavy atom. The first kappa shape index (κ1) is 13.3. The first-order chi connectivity index (χ1) is 8.01. The molecule has 2 atom stereocenters. The minimum absolute atomic E-state index is 0.0906. The molecule has 2 fully saturated rings. The van der Waals surface area contributed by atoms with Gasteiger partial charge < -0.3 is 5.11 Å². The van der Waals surface area contributed by atoms with Crippen molar-refractivity contribution in [1.29, 1.82) is 0 Å².